The maximum Gasteiger partial charge on any atom is 0.321 e. The van der Waals surface area contributed by atoms with Gasteiger partial charge in [0.2, 0.25) is 10.0 Å². The first-order chi connectivity index (χ1) is 12.0. The molecule has 2 aromatic carbocycles. The van der Waals surface area contributed by atoms with Gasteiger partial charge in [0.15, 0.2) is 0 Å². The van der Waals surface area contributed by atoms with Crippen LogP contribution in [-0.2, 0) is 21.2 Å². The lowest BCUT2D eigenvalue weighted by Gasteiger charge is -2.14. The van der Waals surface area contributed by atoms with E-state index in [4.69, 9.17) is 0 Å². The Hall–Kier alpha value is -2.71. The number of nitrogens with zero attached hydrogens (tertiary/aromatic N) is 1. The highest BCUT2D eigenvalue weighted by Gasteiger charge is 2.25. The zero-order valence-electron chi connectivity index (χ0n) is 13.2. The highest BCUT2D eigenvalue weighted by Crippen LogP contribution is 2.13. The monoisotopic (exact) mass is 359 g/mol. The molecule has 0 aliphatic rings. The smallest absolute Gasteiger partial charge is 0.321 e. The van der Waals surface area contributed by atoms with Crippen molar-refractivity contribution in [3.8, 4) is 0 Å². The van der Waals surface area contributed by atoms with Crippen molar-refractivity contribution in [3.05, 3.63) is 60.4 Å². The van der Waals surface area contributed by atoms with Gasteiger partial charge in [0.25, 0.3) is 0 Å². The number of aromatic amines is 1. The molecule has 0 spiro atoms. The van der Waals surface area contributed by atoms with Crippen LogP contribution in [0.5, 0.6) is 0 Å². The summed E-state index contributed by atoms with van der Waals surface area (Å²) in [6.07, 6.45) is 0.393. The van der Waals surface area contributed by atoms with Crippen molar-refractivity contribution < 1.29 is 18.3 Å². The molecule has 0 radical (unpaired) electrons. The summed E-state index contributed by atoms with van der Waals surface area (Å²) in [7, 11) is -3.89. The Labute approximate surface area is 144 Å². The predicted octanol–water partition coefficient (Wildman–Crippen LogP) is 1.93. The van der Waals surface area contributed by atoms with Crippen LogP contribution in [0.2, 0.25) is 0 Å². The Kier molecular flexibility index (Phi) is 4.82. The van der Waals surface area contributed by atoms with E-state index in [2.05, 4.69) is 14.7 Å². The molecule has 1 heterocycles. The summed E-state index contributed by atoms with van der Waals surface area (Å²) in [6.45, 7) is 0. The van der Waals surface area contributed by atoms with Gasteiger partial charge >= 0.3 is 5.97 Å². The largest absolute Gasteiger partial charge is 0.480 e. The summed E-state index contributed by atoms with van der Waals surface area (Å²) < 4.78 is 26.8. The van der Waals surface area contributed by atoms with Gasteiger partial charge in [0.1, 0.15) is 11.9 Å². The number of hydrogen-bond acceptors (Lipinski definition) is 4. The van der Waals surface area contributed by atoms with Crippen molar-refractivity contribution in [2.45, 2.75) is 23.8 Å². The van der Waals surface area contributed by atoms with Crippen molar-refractivity contribution in [2.24, 2.45) is 0 Å². The number of carbonyl (C=O) groups is 1. The molecule has 3 rings (SSSR count). The third-order valence-corrected chi connectivity index (χ3v) is 5.24. The quantitative estimate of drug-likeness (QED) is 0.597. The van der Waals surface area contributed by atoms with Gasteiger partial charge in [-0.2, -0.15) is 4.72 Å². The first-order valence-corrected chi connectivity index (χ1v) is 9.18. The molecule has 0 aliphatic carbocycles. The van der Waals surface area contributed by atoms with Crippen molar-refractivity contribution in [2.75, 3.05) is 0 Å². The molecule has 7 nitrogen and oxygen atoms in total. The van der Waals surface area contributed by atoms with Crippen molar-refractivity contribution in [1.82, 2.24) is 14.7 Å². The molecule has 0 amide bonds. The van der Waals surface area contributed by atoms with E-state index >= 15 is 0 Å². The molecular formula is C17H17N3O4S. The summed E-state index contributed by atoms with van der Waals surface area (Å²) in [6, 6.07) is 13.9. The van der Waals surface area contributed by atoms with Crippen molar-refractivity contribution in [3.63, 3.8) is 0 Å². The molecule has 1 aromatic heterocycles. The normalized spacial score (nSPS) is 13.0. The van der Waals surface area contributed by atoms with Crippen LogP contribution in [0.25, 0.3) is 11.0 Å². The van der Waals surface area contributed by atoms with Gasteiger partial charge < -0.3 is 10.1 Å². The van der Waals surface area contributed by atoms with E-state index in [1.54, 1.807) is 18.2 Å². The number of carboxylic acid groups (broad SMARTS) is 1. The second-order valence-corrected chi connectivity index (χ2v) is 7.28. The van der Waals surface area contributed by atoms with E-state index in [1.807, 2.05) is 24.3 Å². The van der Waals surface area contributed by atoms with E-state index in [9.17, 15) is 18.3 Å². The van der Waals surface area contributed by atoms with Gasteiger partial charge in [-0.1, -0.05) is 30.3 Å². The van der Waals surface area contributed by atoms with Crippen molar-refractivity contribution >= 4 is 27.0 Å². The minimum absolute atomic E-state index is 0.0324. The van der Waals surface area contributed by atoms with Gasteiger partial charge in [-0.25, -0.2) is 13.4 Å². The Morgan fingerprint density at radius 3 is 2.48 bits per heavy atom. The topological polar surface area (TPSA) is 112 Å². The number of carboxylic acids is 1. The molecule has 0 saturated carbocycles. The Morgan fingerprint density at radius 1 is 1.12 bits per heavy atom. The van der Waals surface area contributed by atoms with Crippen molar-refractivity contribution in [1.29, 1.82) is 0 Å². The number of hydrogen-bond donors (Lipinski definition) is 3. The molecule has 0 fully saturated rings. The van der Waals surface area contributed by atoms with Gasteiger partial charge in [-0.05, 0) is 30.7 Å². The highest BCUT2D eigenvalue weighted by atomic mass is 32.2. The first kappa shape index (κ1) is 17.1. The molecule has 0 unspecified atom stereocenters. The minimum Gasteiger partial charge on any atom is -0.480 e. The minimum atomic E-state index is -3.89. The van der Waals surface area contributed by atoms with E-state index < -0.39 is 22.0 Å². The van der Waals surface area contributed by atoms with Crippen LogP contribution < -0.4 is 4.72 Å². The molecule has 0 aliphatic heterocycles. The maximum absolute atomic E-state index is 12.3. The van der Waals surface area contributed by atoms with Crippen LogP contribution in [0.15, 0.2) is 59.5 Å². The number of sulfonamides is 1. The van der Waals surface area contributed by atoms with Crippen LogP contribution in [-0.4, -0.2) is 35.5 Å². The summed E-state index contributed by atoms with van der Waals surface area (Å²) in [5.74, 6) is -0.609. The van der Waals surface area contributed by atoms with Crippen LogP contribution in [0, 0.1) is 0 Å². The number of aliphatic carboxylic acids is 1. The van der Waals surface area contributed by atoms with Gasteiger partial charge in [0.05, 0.1) is 15.9 Å². The summed E-state index contributed by atoms with van der Waals surface area (Å²) >= 11 is 0. The number of rotatable bonds is 7. The van der Waals surface area contributed by atoms with E-state index in [0.29, 0.717) is 12.2 Å². The van der Waals surface area contributed by atoms with Gasteiger partial charge in [-0.15, -0.1) is 0 Å². The molecule has 130 valence electrons. The van der Waals surface area contributed by atoms with Crippen LogP contribution in [0.4, 0.5) is 0 Å². The molecule has 8 heteroatoms. The first-order valence-electron chi connectivity index (χ1n) is 7.69. The maximum atomic E-state index is 12.3. The average Bonchev–Trinajstić information content (AvgIpc) is 3.02. The fourth-order valence-electron chi connectivity index (χ4n) is 2.49. The third kappa shape index (κ3) is 4.04. The lowest BCUT2D eigenvalue weighted by Crippen LogP contribution is -2.41. The van der Waals surface area contributed by atoms with Crippen LogP contribution in [0.1, 0.15) is 12.2 Å². The highest BCUT2D eigenvalue weighted by molar-refractivity contribution is 7.89. The Morgan fingerprint density at radius 2 is 1.80 bits per heavy atom. The molecular weight excluding hydrogens is 342 g/mol. The fraction of sp³-hybridized carbons (Fsp3) is 0.176. The second kappa shape index (κ2) is 7.04. The standard InChI is InChI=1S/C17H17N3O4S/c21-17(22)15(20-25(23,24)12-6-2-1-3-7-12)10-11-16-18-13-8-4-5-9-14(13)19-16/h1-9,15,20H,10-11H2,(H,18,19)(H,21,22)/t15-/m0/s1. The molecule has 3 N–H and O–H groups in total. The summed E-state index contributed by atoms with van der Waals surface area (Å²) in [4.78, 5) is 19.0. The third-order valence-electron chi connectivity index (χ3n) is 3.76. The summed E-state index contributed by atoms with van der Waals surface area (Å²) in [5, 5.41) is 9.34. The molecule has 0 saturated heterocycles. The van der Waals surface area contributed by atoms with E-state index in [1.165, 1.54) is 12.1 Å². The zero-order chi connectivity index (χ0) is 17.9. The Bertz CT molecular complexity index is 950. The number of H-pyrrole nitrogens is 1. The average molecular weight is 359 g/mol. The van der Waals surface area contributed by atoms with Crippen LogP contribution >= 0.6 is 0 Å². The summed E-state index contributed by atoms with van der Waals surface area (Å²) in [5.41, 5.74) is 1.64. The number of fused-ring (bicyclic) bond motifs is 1. The fourth-order valence-corrected chi connectivity index (χ4v) is 3.74. The second-order valence-electron chi connectivity index (χ2n) is 5.56. The van der Waals surface area contributed by atoms with Gasteiger partial charge in [-0.3, -0.25) is 4.79 Å². The van der Waals surface area contributed by atoms with E-state index in [-0.39, 0.29) is 11.3 Å². The lowest BCUT2D eigenvalue weighted by atomic mass is 10.1. The number of aromatic nitrogens is 2. The molecule has 25 heavy (non-hydrogen) atoms. The number of aryl methyl sites for hydroxylation is 1. The zero-order valence-corrected chi connectivity index (χ0v) is 14.0. The molecule has 0 bridgehead atoms. The van der Waals surface area contributed by atoms with Crippen LogP contribution in [0.3, 0.4) is 0 Å². The van der Waals surface area contributed by atoms with Gasteiger partial charge in [0, 0.05) is 6.42 Å². The lowest BCUT2D eigenvalue weighted by molar-refractivity contribution is -0.139. The predicted molar refractivity (Wildman–Crippen MR) is 92.6 cm³/mol. The Balaban J connectivity index is 1.72. The number of imidazole rings is 1. The molecule has 1 atom stereocenters. The van der Waals surface area contributed by atoms with E-state index in [0.717, 1.165) is 11.0 Å². The number of nitrogens with one attached hydrogen (secondary N) is 2. The SMILES string of the molecule is O=C(O)[C@H](CCc1nc2ccccc2[nH]1)NS(=O)(=O)c1ccccc1. The number of para-hydroxylation sites is 2. The number of benzene rings is 2. The molecule has 3 aromatic rings.